The monoisotopic (exact) mass is 222 g/mol. The van der Waals surface area contributed by atoms with Crippen molar-refractivity contribution in [1.82, 2.24) is 0 Å². The van der Waals surface area contributed by atoms with E-state index in [1.165, 1.54) is 0 Å². The largest absolute Gasteiger partial charge is 0.466 e. The smallest absolute Gasteiger partial charge is 0.358 e. The van der Waals surface area contributed by atoms with Crippen LogP contribution in [-0.2, 0) is 13.5 Å². The van der Waals surface area contributed by atoms with Crippen LogP contribution < -0.4 is 4.74 Å². The summed E-state index contributed by atoms with van der Waals surface area (Å²) >= 11 is 0. The first-order valence-corrected chi connectivity index (χ1v) is 5.58. The molecule has 13 heavy (non-hydrogen) atoms. The summed E-state index contributed by atoms with van der Waals surface area (Å²) < 4.78 is 29.6. The predicted octanol–water partition coefficient (Wildman–Crippen LogP) is 1.52. The zero-order chi connectivity index (χ0) is 9.73. The molecule has 0 saturated carbocycles. The maximum atomic E-state index is 10.3. The van der Waals surface area contributed by atoms with Crippen molar-refractivity contribution in [2.24, 2.45) is 0 Å². The van der Waals surface area contributed by atoms with Crippen molar-refractivity contribution < 1.29 is 17.3 Å². The van der Waals surface area contributed by atoms with Gasteiger partial charge < -0.3 is 4.74 Å². The zero-order valence-corrected chi connectivity index (χ0v) is 8.09. The van der Waals surface area contributed by atoms with Crippen molar-refractivity contribution in [3.63, 3.8) is 0 Å². The standard InChI is InChI=1S/C7H7ClO4S/c8-13(9,10)12-6-11-7-4-2-1-3-5-7/h1-5H,6H2. The Balaban J connectivity index is 2.37. The van der Waals surface area contributed by atoms with E-state index in [1.54, 1.807) is 24.3 Å². The number of hydrogen-bond donors (Lipinski definition) is 0. The van der Waals surface area contributed by atoms with E-state index in [1.807, 2.05) is 6.07 Å². The SMILES string of the molecule is O=S(=O)(Cl)OCOc1ccccc1. The first-order valence-electron chi connectivity index (χ1n) is 3.35. The molecule has 0 aliphatic heterocycles. The van der Waals surface area contributed by atoms with Crippen molar-refractivity contribution in [1.29, 1.82) is 0 Å². The lowest BCUT2D eigenvalue weighted by molar-refractivity contribution is 0.129. The summed E-state index contributed by atoms with van der Waals surface area (Å²) in [5.74, 6) is 0.516. The topological polar surface area (TPSA) is 52.6 Å². The molecule has 0 saturated heterocycles. The molecule has 72 valence electrons. The van der Waals surface area contributed by atoms with Gasteiger partial charge in [0.05, 0.1) is 0 Å². The van der Waals surface area contributed by atoms with Gasteiger partial charge in [0.1, 0.15) is 5.75 Å². The number of para-hydroxylation sites is 1. The van der Waals surface area contributed by atoms with E-state index in [-0.39, 0.29) is 0 Å². The molecule has 0 aliphatic carbocycles. The Morgan fingerprint density at radius 1 is 1.23 bits per heavy atom. The van der Waals surface area contributed by atoms with E-state index in [0.29, 0.717) is 5.75 Å². The third-order valence-corrected chi connectivity index (χ3v) is 1.80. The fraction of sp³-hybridized carbons (Fsp3) is 0.143. The lowest BCUT2D eigenvalue weighted by atomic mass is 10.3. The molecule has 0 bridgehead atoms. The molecule has 0 N–H and O–H groups in total. The summed E-state index contributed by atoms with van der Waals surface area (Å²) in [5.41, 5.74) is 0. The van der Waals surface area contributed by atoms with Gasteiger partial charge in [0.2, 0.25) is 6.79 Å². The average Bonchev–Trinajstić information content (AvgIpc) is 2.04. The molecule has 0 aromatic heterocycles. The van der Waals surface area contributed by atoms with E-state index in [4.69, 9.17) is 15.4 Å². The molecule has 0 spiro atoms. The van der Waals surface area contributed by atoms with E-state index < -0.39 is 16.1 Å². The van der Waals surface area contributed by atoms with Crippen LogP contribution in [0.1, 0.15) is 0 Å². The van der Waals surface area contributed by atoms with Gasteiger partial charge in [0, 0.05) is 10.7 Å². The van der Waals surface area contributed by atoms with Crippen molar-refractivity contribution >= 4 is 20.0 Å². The predicted molar refractivity (Wildman–Crippen MR) is 47.8 cm³/mol. The second-order valence-corrected chi connectivity index (χ2v) is 4.24. The van der Waals surface area contributed by atoms with Gasteiger partial charge in [-0.25, -0.2) is 4.18 Å². The fourth-order valence-electron chi connectivity index (χ4n) is 0.666. The van der Waals surface area contributed by atoms with Crippen molar-refractivity contribution in [2.45, 2.75) is 0 Å². The first kappa shape index (κ1) is 10.3. The van der Waals surface area contributed by atoms with Gasteiger partial charge in [0.25, 0.3) is 0 Å². The maximum absolute atomic E-state index is 10.3. The van der Waals surface area contributed by atoms with Crippen LogP contribution >= 0.6 is 10.7 Å². The normalized spacial score (nSPS) is 11.2. The number of halogens is 1. The summed E-state index contributed by atoms with van der Waals surface area (Å²) in [4.78, 5) is 0. The van der Waals surface area contributed by atoms with Crippen molar-refractivity contribution in [3.8, 4) is 5.75 Å². The molecule has 1 rings (SSSR count). The Morgan fingerprint density at radius 3 is 2.38 bits per heavy atom. The highest BCUT2D eigenvalue weighted by Crippen LogP contribution is 2.09. The second kappa shape index (κ2) is 4.45. The highest BCUT2D eigenvalue weighted by atomic mass is 35.7. The zero-order valence-electron chi connectivity index (χ0n) is 6.51. The molecule has 0 fully saturated rings. The Labute approximate surface area is 80.7 Å². The van der Waals surface area contributed by atoms with Gasteiger partial charge >= 0.3 is 9.33 Å². The number of rotatable bonds is 4. The third-order valence-electron chi connectivity index (χ3n) is 1.16. The quantitative estimate of drug-likeness (QED) is 0.573. The summed E-state index contributed by atoms with van der Waals surface area (Å²) in [6, 6.07) is 8.66. The Bertz CT molecular complexity index is 348. The fourth-order valence-corrected chi connectivity index (χ4v) is 0.938. The third kappa shape index (κ3) is 4.72. The maximum Gasteiger partial charge on any atom is 0.358 e. The minimum Gasteiger partial charge on any atom is -0.466 e. The average molecular weight is 223 g/mol. The van der Waals surface area contributed by atoms with Crippen LogP contribution in [0, 0.1) is 0 Å². The molecule has 1 aromatic carbocycles. The highest BCUT2D eigenvalue weighted by molar-refractivity contribution is 8.09. The molecule has 6 heteroatoms. The van der Waals surface area contributed by atoms with Gasteiger partial charge in [-0.2, -0.15) is 8.42 Å². The van der Waals surface area contributed by atoms with E-state index in [2.05, 4.69) is 4.18 Å². The molecular formula is C7H7ClO4S. The Hall–Kier alpha value is -0.780. The summed E-state index contributed by atoms with van der Waals surface area (Å²) in [6.45, 7) is -0.421. The molecule has 0 atom stereocenters. The van der Waals surface area contributed by atoms with Gasteiger partial charge in [-0.15, -0.1) is 0 Å². The van der Waals surface area contributed by atoms with Crippen LogP contribution in [-0.4, -0.2) is 15.2 Å². The molecule has 1 aromatic rings. The molecule has 4 nitrogen and oxygen atoms in total. The minimum atomic E-state index is -3.95. The number of hydrogen-bond acceptors (Lipinski definition) is 4. The van der Waals surface area contributed by atoms with Gasteiger partial charge in [-0.3, -0.25) is 0 Å². The number of benzene rings is 1. The molecular weight excluding hydrogens is 216 g/mol. The molecule has 0 radical (unpaired) electrons. The molecule has 0 unspecified atom stereocenters. The lowest BCUT2D eigenvalue weighted by Crippen LogP contribution is -2.05. The van der Waals surface area contributed by atoms with Crippen molar-refractivity contribution in [2.75, 3.05) is 6.79 Å². The van der Waals surface area contributed by atoms with Crippen LogP contribution in [0.2, 0.25) is 0 Å². The first-order chi connectivity index (χ1) is 6.08. The summed E-state index contributed by atoms with van der Waals surface area (Å²) in [7, 11) is 0.822. The van der Waals surface area contributed by atoms with E-state index in [9.17, 15) is 8.42 Å². The number of ether oxygens (including phenoxy) is 1. The van der Waals surface area contributed by atoms with Crippen LogP contribution in [0.15, 0.2) is 30.3 Å². The minimum absolute atomic E-state index is 0.421. The Morgan fingerprint density at radius 2 is 1.85 bits per heavy atom. The Kier molecular flexibility index (Phi) is 3.53. The van der Waals surface area contributed by atoms with Crippen LogP contribution in [0.3, 0.4) is 0 Å². The van der Waals surface area contributed by atoms with Gasteiger partial charge in [0.15, 0.2) is 0 Å². The summed E-state index contributed by atoms with van der Waals surface area (Å²) in [5, 5.41) is 0. The molecule has 0 heterocycles. The van der Waals surface area contributed by atoms with Crippen LogP contribution in [0.4, 0.5) is 0 Å². The van der Waals surface area contributed by atoms with Crippen LogP contribution in [0.25, 0.3) is 0 Å². The molecule has 0 aliphatic rings. The lowest BCUT2D eigenvalue weighted by Gasteiger charge is -2.03. The van der Waals surface area contributed by atoms with Gasteiger partial charge in [-0.05, 0) is 12.1 Å². The molecule has 0 amide bonds. The second-order valence-electron chi connectivity index (χ2n) is 2.09. The highest BCUT2D eigenvalue weighted by Gasteiger charge is 2.04. The summed E-state index contributed by atoms with van der Waals surface area (Å²) in [6.07, 6.45) is 0. The van der Waals surface area contributed by atoms with E-state index >= 15 is 0 Å². The van der Waals surface area contributed by atoms with Crippen molar-refractivity contribution in [3.05, 3.63) is 30.3 Å². The van der Waals surface area contributed by atoms with Gasteiger partial charge in [-0.1, -0.05) is 18.2 Å². The van der Waals surface area contributed by atoms with Crippen LogP contribution in [0.5, 0.6) is 5.75 Å². The van der Waals surface area contributed by atoms with E-state index in [0.717, 1.165) is 0 Å².